The number of likely N-dealkylation sites (tertiary alicyclic amines) is 1. The second-order valence-electron chi connectivity index (χ2n) is 5.91. The van der Waals surface area contributed by atoms with Gasteiger partial charge in [0.15, 0.2) is 6.10 Å². The third-order valence-corrected chi connectivity index (χ3v) is 4.29. The lowest BCUT2D eigenvalue weighted by atomic mass is 10.00. The maximum absolute atomic E-state index is 12.5. The minimum atomic E-state index is -0.362. The van der Waals surface area contributed by atoms with Crippen LogP contribution in [0.25, 0.3) is 0 Å². The van der Waals surface area contributed by atoms with Crippen LogP contribution >= 0.6 is 0 Å². The fraction of sp³-hybridized carbons (Fsp3) is 0.353. The van der Waals surface area contributed by atoms with Crippen LogP contribution in [-0.4, -0.2) is 46.0 Å². The van der Waals surface area contributed by atoms with Crippen LogP contribution < -0.4 is 10.1 Å². The first-order valence-corrected chi connectivity index (χ1v) is 7.86. The van der Waals surface area contributed by atoms with Crippen molar-refractivity contribution in [2.24, 2.45) is 0 Å². The summed E-state index contributed by atoms with van der Waals surface area (Å²) in [4.78, 5) is 22.6. The van der Waals surface area contributed by atoms with Crippen molar-refractivity contribution in [2.75, 3.05) is 18.4 Å². The second-order valence-corrected chi connectivity index (χ2v) is 5.91. The van der Waals surface area contributed by atoms with Gasteiger partial charge in [0.2, 0.25) is 5.95 Å². The first-order chi connectivity index (χ1) is 11.3. The first kappa shape index (κ1) is 14.0. The zero-order chi connectivity index (χ0) is 15.6. The summed E-state index contributed by atoms with van der Waals surface area (Å²) in [5.74, 6) is 1.52. The molecule has 2 aliphatic heterocycles. The van der Waals surface area contributed by atoms with Crippen LogP contribution in [0.2, 0.25) is 0 Å². The number of para-hydroxylation sites is 1. The van der Waals surface area contributed by atoms with Crippen LogP contribution in [0, 0.1) is 0 Å². The molecule has 23 heavy (non-hydrogen) atoms. The number of rotatable bonds is 3. The lowest BCUT2D eigenvalue weighted by molar-refractivity contribution is -0.143. The third-order valence-electron chi connectivity index (χ3n) is 4.29. The van der Waals surface area contributed by atoms with E-state index in [2.05, 4.69) is 21.4 Å². The van der Waals surface area contributed by atoms with Gasteiger partial charge in [-0.3, -0.25) is 4.79 Å². The average Bonchev–Trinajstić information content (AvgIpc) is 2.57. The molecule has 1 aromatic heterocycles. The van der Waals surface area contributed by atoms with Gasteiger partial charge in [-0.1, -0.05) is 18.2 Å². The minimum Gasteiger partial charge on any atom is -0.480 e. The molecule has 1 aromatic carbocycles. The van der Waals surface area contributed by atoms with Crippen molar-refractivity contribution in [1.82, 2.24) is 14.9 Å². The number of carbonyl (C=O) groups is 1. The first-order valence-electron chi connectivity index (χ1n) is 7.86. The minimum absolute atomic E-state index is 0.0755. The van der Waals surface area contributed by atoms with Crippen molar-refractivity contribution in [3.8, 4) is 5.75 Å². The molecule has 0 aliphatic carbocycles. The number of fused-ring (bicyclic) bond motifs is 1. The summed E-state index contributed by atoms with van der Waals surface area (Å²) in [6.45, 7) is 1.33. The lowest BCUT2D eigenvalue weighted by Crippen LogP contribution is -2.60. The number of nitrogens with one attached hydrogen (secondary N) is 1. The summed E-state index contributed by atoms with van der Waals surface area (Å²) < 4.78 is 5.87. The summed E-state index contributed by atoms with van der Waals surface area (Å²) in [6, 6.07) is 9.91. The zero-order valence-corrected chi connectivity index (χ0v) is 12.7. The third kappa shape index (κ3) is 2.84. The highest BCUT2D eigenvalue weighted by Crippen LogP contribution is 2.28. The Hall–Kier alpha value is -2.63. The van der Waals surface area contributed by atoms with Gasteiger partial charge in [0.05, 0.1) is 6.04 Å². The topological polar surface area (TPSA) is 67.3 Å². The van der Waals surface area contributed by atoms with Gasteiger partial charge >= 0.3 is 0 Å². The van der Waals surface area contributed by atoms with E-state index in [4.69, 9.17) is 4.74 Å². The highest BCUT2D eigenvalue weighted by atomic mass is 16.5. The van der Waals surface area contributed by atoms with E-state index in [1.54, 1.807) is 18.5 Å². The summed E-state index contributed by atoms with van der Waals surface area (Å²) in [7, 11) is 0. The van der Waals surface area contributed by atoms with Crippen molar-refractivity contribution in [1.29, 1.82) is 0 Å². The smallest absolute Gasteiger partial charge is 0.263 e. The van der Waals surface area contributed by atoms with Crippen molar-refractivity contribution in [3.05, 3.63) is 48.3 Å². The number of aromatic nitrogens is 2. The number of anilines is 1. The fourth-order valence-corrected chi connectivity index (χ4v) is 3.01. The molecule has 0 radical (unpaired) electrons. The molecule has 0 unspecified atom stereocenters. The predicted octanol–water partition coefficient (Wildman–Crippen LogP) is 1.49. The molecule has 6 heteroatoms. The van der Waals surface area contributed by atoms with E-state index in [1.165, 1.54) is 5.56 Å². The Balaban J connectivity index is 1.32. The number of benzene rings is 1. The number of ether oxygens (including phenoxy) is 1. The van der Waals surface area contributed by atoms with Gasteiger partial charge in [-0.2, -0.15) is 0 Å². The molecule has 3 heterocycles. The van der Waals surface area contributed by atoms with Crippen LogP contribution in [0.5, 0.6) is 5.75 Å². The van der Waals surface area contributed by atoms with Crippen molar-refractivity contribution >= 4 is 11.9 Å². The van der Waals surface area contributed by atoms with Gasteiger partial charge in [0.1, 0.15) is 5.75 Å². The Morgan fingerprint density at radius 3 is 2.78 bits per heavy atom. The van der Waals surface area contributed by atoms with Crippen LogP contribution in [0.4, 0.5) is 5.95 Å². The number of hydrogen-bond acceptors (Lipinski definition) is 5. The van der Waals surface area contributed by atoms with Gasteiger partial charge in [-0.05, 0) is 30.5 Å². The van der Waals surface area contributed by atoms with E-state index >= 15 is 0 Å². The van der Waals surface area contributed by atoms with E-state index in [-0.39, 0.29) is 18.1 Å². The van der Waals surface area contributed by atoms with Gasteiger partial charge in [-0.15, -0.1) is 0 Å². The molecule has 1 atom stereocenters. The Morgan fingerprint density at radius 1 is 1.17 bits per heavy atom. The second kappa shape index (κ2) is 5.87. The molecule has 0 spiro atoms. The van der Waals surface area contributed by atoms with Crippen LogP contribution in [0.15, 0.2) is 42.7 Å². The quantitative estimate of drug-likeness (QED) is 0.930. The monoisotopic (exact) mass is 310 g/mol. The molecule has 1 amide bonds. The van der Waals surface area contributed by atoms with Gasteiger partial charge in [0.25, 0.3) is 5.91 Å². The predicted molar refractivity (Wildman–Crippen MR) is 85.2 cm³/mol. The molecule has 0 bridgehead atoms. The number of aryl methyl sites for hydroxylation is 1. The molecule has 2 aliphatic rings. The molecule has 2 aromatic rings. The molecule has 1 saturated heterocycles. The van der Waals surface area contributed by atoms with E-state index in [0.29, 0.717) is 19.0 Å². The van der Waals surface area contributed by atoms with Crippen molar-refractivity contribution in [3.63, 3.8) is 0 Å². The summed E-state index contributed by atoms with van der Waals surface area (Å²) in [6.07, 6.45) is 4.67. The lowest BCUT2D eigenvalue weighted by Gasteiger charge is -2.41. The summed E-state index contributed by atoms with van der Waals surface area (Å²) in [5, 5.41) is 3.22. The summed E-state index contributed by atoms with van der Waals surface area (Å²) >= 11 is 0. The van der Waals surface area contributed by atoms with E-state index in [9.17, 15) is 4.79 Å². The van der Waals surface area contributed by atoms with Gasteiger partial charge in [0, 0.05) is 25.5 Å². The number of amides is 1. The van der Waals surface area contributed by atoms with E-state index in [1.807, 2.05) is 23.1 Å². The highest BCUT2D eigenvalue weighted by molar-refractivity contribution is 5.82. The van der Waals surface area contributed by atoms with Crippen LogP contribution in [-0.2, 0) is 11.2 Å². The molecule has 1 N–H and O–H groups in total. The van der Waals surface area contributed by atoms with Crippen molar-refractivity contribution in [2.45, 2.75) is 25.0 Å². The van der Waals surface area contributed by atoms with Crippen LogP contribution in [0.1, 0.15) is 12.0 Å². The van der Waals surface area contributed by atoms with Gasteiger partial charge in [-0.25, -0.2) is 9.97 Å². The maximum atomic E-state index is 12.5. The standard InChI is InChI=1S/C17H18N4O2/c22-16(15-7-6-12-4-1-2-5-14(12)23-15)21-10-13(11-21)20-17-18-8-3-9-19-17/h1-5,8-9,13,15H,6-7,10-11H2,(H,18,19,20)/t15-/m1/s1. The molecule has 118 valence electrons. The van der Waals surface area contributed by atoms with Gasteiger partial charge < -0.3 is 15.0 Å². The summed E-state index contributed by atoms with van der Waals surface area (Å²) in [5.41, 5.74) is 1.18. The van der Waals surface area contributed by atoms with Crippen LogP contribution in [0.3, 0.4) is 0 Å². The molecule has 6 nitrogen and oxygen atoms in total. The Kier molecular flexibility index (Phi) is 3.57. The van der Waals surface area contributed by atoms with Crippen molar-refractivity contribution < 1.29 is 9.53 Å². The number of nitrogens with zero attached hydrogens (tertiary/aromatic N) is 3. The zero-order valence-electron chi connectivity index (χ0n) is 12.7. The maximum Gasteiger partial charge on any atom is 0.263 e. The molecule has 0 saturated carbocycles. The fourth-order valence-electron chi connectivity index (χ4n) is 3.01. The highest BCUT2D eigenvalue weighted by Gasteiger charge is 2.37. The molecule has 4 rings (SSSR count). The molecular weight excluding hydrogens is 292 g/mol. The SMILES string of the molecule is O=C([C@H]1CCc2ccccc2O1)N1CC(Nc2ncccn2)C1. The Bertz CT molecular complexity index is 701. The van der Waals surface area contributed by atoms with E-state index < -0.39 is 0 Å². The molecular formula is C17H18N4O2. The average molecular weight is 310 g/mol. The number of carbonyl (C=O) groups excluding carboxylic acids is 1. The Labute approximate surface area is 134 Å². The van der Waals surface area contributed by atoms with E-state index in [0.717, 1.165) is 18.6 Å². The number of hydrogen-bond donors (Lipinski definition) is 1. The normalized spacial score (nSPS) is 20.2. The molecule has 1 fully saturated rings. The largest absolute Gasteiger partial charge is 0.480 e. The Morgan fingerprint density at radius 2 is 1.96 bits per heavy atom.